The highest BCUT2D eigenvalue weighted by atomic mass is 32.2. The van der Waals surface area contributed by atoms with Crippen molar-refractivity contribution in [1.29, 1.82) is 0 Å². The molecule has 0 N–H and O–H groups in total. The van der Waals surface area contributed by atoms with Gasteiger partial charge in [-0.1, -0.05) is 0 Å². The van der Waals surface area contributed by atoms with Crippen LogP contribution in [0.1, 0.15) is 16.1 Å². The average Bonchev–Trinajstić information content (AvgIpc) is 2.58. The molecule has 0 bridgehead atoms. The number of rotatable bonds is 2. The summed E-state index contributed by atoms with van der Waals surface area (Å²) in [7, 11) is 1.82. The summed E-state index contributed by atoms with van der Waals surface area (Å²) in [6, 6.07) is 0. The van der Waals surface area contributed by atoms with E-state index in [0.29, 0.717) is 12.2 Å². The number of carbonyl (C=O) groups is 1. The number of nitrogens with zero attached hydrogens (tertiary/aromatic N) is 2. The Labute approximate surface area is 93.0 Å². The van der Waals surface area contributed by atoms with Gasteiger partial charge in [-0.05, 0) is 6.92 Å². The minimum Gasteiger partial charge on any atom is -0.368 e. The molecule has 0 saturated carbocycles. The van der Waals surface area contributed by atoms with Gasteiger partial charge in [-0.2, -0.15) is 16.9 Å². The number of ether oxygens (including phenoxy) is 1. The van der Waals surface area contributed by atoms with Crippen LogP contribution in [0.3, 0.4) is 0 Å². The third-order valence-corrected chi connectivity index (χ3v) is 3.38. The Kier molecular flexibility index (Phi) is 3.11. The van der Waals surface area contributed by atoms with E-state index in [1.165, 1.54) is 0 Å². The summed E-state index contributed by atoms with van der Waals surface area (Å²) in [5.41, 5.74) is 1.46. The third kappa shape index (κ3) is 2.23. The van der Waals surface area contributed by atoms with Crippen LogP contribution in [-0.2, 0) is 11.8 Å². The molecule has 2 rings (SSSR count). The number of carbonyl (C=O) groups excluding carboxylic acids is 1. The van der Waals surface area contributed by atoms with Gasteiger partial charge in [0.05, 0.1) is 17.9 Å². The van der Waals surface area contributed by atoms with Crippen LogP contribution in [0, 0.1) is 6.92 Å². The summed E-state index contributed by atoms with van der Waals surface area (Å²) in [5, 5.41) is 4.16. The Bertz CT molecular complexity index is 369. The van der Waals surface area contributed by atoms with Crippen molar-refractivity contribution in [1.82, 2.24) is 9.78 Å². The van der Waals surface area contributed by atoms with Crippen LogP contribution in [0.25, 0.3) is 0 Å². The molecule has 1 saturated heterocycles. The normalized spacial score (nSPS) is 21.6. The van der Waals surface area contributed by atoms with Gasteiger partial charge in [-0.3, -0.25) is 9.48 Å². The number of aryl methyl sites for hydroxylation is 2. The van der Waals surface area contributed by atoms with Gasteiger partial charge in [-0.25, -0.2) is 0 Å². The van der Waals surface area contributed by atoms with Crippen molar-refractivity contribution in [3.63, 3.8) is 0 Å². The molecule has 1 aromatic rings. The maximum atomic E-state index is 12.0. The Morgan fingerprint density at radius 1 is 1.73 bits per heavy atom. The number of hydrogen-bond acceptors (Lipinski definition) is 4. The summed E-state index contributed by atoms with van der Waals surface area (Å²) in [6.07, 6.45) is 1.48. The zero-order valence-electron chi connectivity index (χ0n) is 8.90. The van der Waals surface area contributed by atoms with E-state index in [1.54, 1.807) is 22.6 Å². The maximum absolute atomic E-state index is 12.0. The van der Waals surface area contributed by atoms with Gasteiger partial charge in [0.2, 0.25) is 0 Å². The lowest BCUT2D eigenvalue weighted by molar-refractivity contribution is 0.0518. The Morgan fingerprint density at radius 3 is 3.07 bits per heavy atom. The van der Waals surface area contributed by atoms with E-state index in [4.69, 9.17) is 4.74 Å². The predicted molar refractivity (Wildman–Crippen MR) is 59.3 cm³/mol. The van der Waals surface area contributed by atoms with Crippen molar-refractivity contribution < 1.29 is 9.53 Å². The second-order valence-corrected chi connectivity index (χ2v) is 4.75. The topological polar surface area (TPSA) is 44.1 Å². The molecule has 0 aliphatic carbocycles. The highest BCUT2D eigenvalue weighted by Crippen LogP contribution is 2.18. The Morgan fingerprint density at radius 2 is 2.53 bits per heavy atom. The van der Waals surface area contributed by atoms with Crippen molar-refractivity contribution in [2.24, 2.45) is 7.05 Å². The lowest BCUT2D eigenvalue weighted by Crippen LogP contribution is -2.31. The van der Waals surface area contributed by atoms with E-state index in [2.05, 4.69) is 5.10 Å². The van der Waals surface area contributed by atoms with Crippen molar-refractivity contribution in [2.75, 3.05) is 18.1 Å². The summed E-state index contributed by atoms with van der Waals surface area (Å²) in [6.45, 7) is 2.52. The molecule has 1 unspecified atom stereocenters. The molecular formula is C10H14N2O2S. The first kappa shape index (κ1) is 10.7. The monoisotopic (exact) mass is 226 g/mol. The lowest BCUT2D eigenvalue weighted by Gasteiger charge is -2.20. The zero-order valence-corrected chi connectivity index (χ0v) is 9.71. The van der Waals surface area contributed by atoms with E-state index >= 15 is 0 Å². The molecule has 5 heteroatoms. The summed E-state index contributed by atoms with van der Waals surface area (Å²) < 4.78 is 7.12. The molecule has 0 spiro atoms. The molecule has 2 heterocycles. The van der Waals surface area contributed by atoms with Crippen molar-refractivity contribution in [3.05, 3.63) is 17.5 Å². The van der Waals surface area contributed by atoms with Crippen LogP contribution >= 0.6 is 11.8 Å². The third-order valence-electron chi connectivity index (χ3n) is 2.39. The van der Waals surface area contributed by atoms with Crippen LogP contribution in [0.2, 0.25) is 0 Å². The van der Waals surface area contributed by atoms with E-state index in [1.807, 2.05) is 14.0 Å². The summed E-state index contributed by atoms with van der Waals surface area (Å²) in [5.74, 6) is 1.80. The zero-order chi connectivity index (χ0) is 10.8. The van der Waals surface area contributed by atoms with Gasteiger partial charge in [0.25, 0.3) is 0 Å². The first-order valence-electron chi connectivity index (χ1n) is 4.92. The van der Waals surface area contributed by atoms with E-state index in [9.17, 15) is 4.79 Å². The molecular weight excluding hydrogens is 212 g/mol. The number of aromatic nitrogens is 2. The number of ketones is 1. The molecule has 1 aliphatic rings. The molecule has 1 aliphatic heterocycles. The van der Waals surface area contributed by atoms with Gasteiger partial charge in [0.1, 0.15) is 6.10 Å². The van der Waals surface area contributed by atoms with Gasteiger partial charge < -0.3 is 4.74 Å². The largest absolute Gasteiger partial charge is 0.368 e. The fraction of sp³-hybridized carbons (Fsp3) is 0.600. The second kappa shape index (κ2) is 4.37. The van der Waals surface area contributed by atoms with Crippen LogP contribution < -0.4 is 0 Å². The maximum Gasteiger partial charge on any atom is 0.195 e. The molecule has 0 radical (unpaired) electrons. The van der Waals surface area contributed by atoms with Crippen molar-refractivity contribution in [3.8, 4) is 0 Å². The van der Waals surface area contributed by atoms with Gasteiger partial charge >= 0.3 is 0 Å². The molecule has 15 heavy (non-hydrogen) atoms. The predicted octanol–water partition coefficient (Wildman–Crippen LogP) is 1.04. The molecule has 82 valence electrons. The van der Waals surface area contributed by atoms with E-state index in [0.717, 1.165) is 17.2 Å². The van der Waals surface area contributed by atoms with Crippen molar-refractivity contribution in [2.45, 2.75) is 13.0 Å². The van der Waals surface area contributed by atoms with Crippen LogP contribution in [0.4, 0.5) is 0 Å². The Hall–Kier alpha value is -0.810. The molecule has 1 aromatic heterocycles. The summed E-state index contributed by atoms with van der Waals surface area (Å²) in [4.78, 5) is 12.0. The molecule has 1 atom stereocenters. The van der Waals surface area contributed by atoms with E-state index in [-0.39, 0.29) is 11.9 Å². The highest BCUT2D eigenvalue weighted by Gasteiger charge is 2.25. The number of thioether (sulfide) groups is 1. The molecule has 0 aromatic carbocycles. The minimum atomic E-state index is -0.286. The second-order valence-electron chi connectivity index (χ2n) is 3.60. The Balaban J connectivity index is 2.16. The van der Waals surface area contributed by atoms with Crippen LogP contribution in [-0.4, -0.2) is 39.8 Å². The molecule has 0 amide bonds. The number of Topliss-reactive ketones (excluding diaryl/α,β-unsaturated/α-hetero) is 1. The highest BCUT2D eigenvalue weighted by molar-refractivity contribution is 7.99. The van der Waals surface area contributed by atoms with Gasteiger partial charge in [-0.15, -0.1) is 0 Å². The first-order valence-corrected chi connectivity index (χ1v) is 6.08. The lowest BCUT2D eigenvalue weighted by atomic mass is 10.1. The minimum absolute atomic E-state index is 0.0628. The standard InChI is InChI=1S/C10H14N2O2S/c1-7-8(5-12(2)11-7)10(13)9-6-15-4-3-14-9/h5,9H,3-4,6H2,1-2H3. The first-order chi connectivity index (χ1) is 7.18. The fourth-order valence-corrected chi connectivity index (χ4v) is 2.50. The average molecular weight is 226 g/mol. The van der Waals surface area contributed by atoms with Gasteiger partial charge in [0, 0.05) is 24.8 Å². The van der Waals surface area contributed by atoms with Gasteiger partial charge in [0.15, 0.2) is 5.78 Å². The van der Waals surface area contributed by atoms with Crippen molar-refractivity contribution >= 4 is 17.5 Å². The molecule has 1 fully saturated rings. The number of hydrogen-bond donors (Lipinski definition) is 0. The summed E-state index contributed by atoms with van der Waals surface area (Å²) >= 11 is 1.77. The van der Waals surface area contributed by atoms with E-state index < -0.39 is 0 Å². The van der Waals surface area contributed by atoms with Crippen LogP contribution in [0.5, 0.6) is 0 Å². The smallest absolute Gasteiger partial charge is 0.195 e. The molecule has 4 nitrogen and oxygen atoms in total. The SMILES string of the molecule is Cc1nn(C)cc1C(=O)C1CSCCO1. The van der Waals surface area contributed by atoms with Crippen LogP contribution in [0.15, 0.2) is 6.20 Å². The quantitative estimate of drug-likeness (QED) is 0.707. The fourth-order valence-electron chi connectivity index (χ4n) is 1.65.